The molecule has 0 fully saturated rings. The van der Waals surface area contributed by atoms with Crippen molar-refractivity contribution in [2.24, 2.45) is 7.05 Å². The lowest BCUT2D eigenvalue weighted by molar-refractivity contribution is 0.0936. The molecule has 30 heavy (non-hydrogen) atoms. The second-order valence-electron chi connectivity index (χ2n) is 7.40. The molecule has 1 aromatic carbocycles. The molecule has 0 radical (unpaired) electrons. The van der Waals surface area contributed by atoms with Crippen LogP contribution in [0.2, 0.25) is 0 Å². The normalized spacial score (nSPS) is 12.3. The van der Waals surface area contributed by atoms with Crippen molar-refractivity contribution < 1.29 is 9.84 Å². The maximum absolute atomic E-state index is 12.6. The van der Waals surface area contributed by atoms with Gasteiger partial charge in [-0.05, 0) is 51.0 Å². The highest BCUT2D eigenvalue weighted by molar-refractivity contribution is 5.74. The third-order valence-electron chi connectivity index (χ3n) is 5.35. The van der Waals surface area contributed by atoms with Gasteiger partial charge >= 0.3 is 5.69 Å². The first-order valence-corrected chi connectivity index (χ1v) is 10.1. The third-order valence-corrected chi connectivity index (χ3v) is 5.35. The lowest BCUT2D eigenvalue weighted by atomic mass is 10.1. The smallest absolute Gasteiger partial charge is 0.329 e. The van der Waals surface area contributed by atoms with Gasteiger partial charge < -0.3 is 19.3 Å². The quantitative estimate of drug-likeness (QED) is 0.575. The van der Waals surface area contributed by atoms with Crippen LogP contribution < -0.4 is 20.9 Å². The third kappa shape index (κ3) is 4.11. The van der Waals surface area contributed by atoms with Gasteiger partial charge in [0.1, 0.15) is 18.5 Å². The highest BCUT2D eigenvalue weighted by atomic mass is 16.5. The summed E-state index contributed by atoms with van der Waals surface area (Å²) in [4.78, 5) is 33.4. The molecule has 0 saturated heterocycles. The molecule has 0 aliphatic heterocycles. The van der Waals surface area contributed by atoms with Gasteiger partial charge in [-0.2, -0.15) is 4.98 Å². The fraction of sp³-hybridized carbons (Fsp3) is 0.476. The van der Waals surface area contributed by atoms with Crippen LogP contribution in [0.4, 0.5) is 5.95 Å². The number of aliphatic hydroxyl groups excluding tert-OH is 1. The summed E-state index contributed by atoms with van der Waals surface area (Å²) in [6.45, 7) is 9.49. The standard InChI is InChI=1S/C21H29N5O4/c1-6-25(7-2)20-22-18-17(19(28)23-21(29)24(18)5)26(20)11-15(27)12-30-16-9-8-13(3)14(4)10-16/h8-10,15,27H,6-7,11-12H2,1-5H3,(H,23,28,29)/t15-/m0/s1. The molecule has 2 aromatic heterocycles. The Bertz CT molecular complexity index is 1160. The van der Waals surface area contributed by atoms with Crippen LogP contribution in [0, 0.1) is 13.8 Å². The molecular formula is C21H29N5O4. The topological polar surface area (TPSA) is 105 Å². The molecule has 9 heteroatoms. The molecule has 9 nitrogen and oxygen atoms in total. The van der Waals surface area contributed by atoms with Crippen LogP contribution in [-0.2, 0) is 13.6 Å². The molecule has 3 aromatic rings. The molecule has 2 heterocycles. The average molecular weight is 415 g/mol. The number of ether oxygens (including phenoxy) is 1. The molecule has 0 saturated carbocycles. The van der Waals surface area contributed by atoms with E-state index in [2.05, 4.69) is 9.97 Å². The van der Waals surface area contributed by atoms with Crippen LogP contribution in [0.15, 0.2) is 27.8 Å². The van der Waals surface area contributed by atoms with Gasteiger partial charge in [0.25, 0.3) is 5.56 Å². The van der Waals surface area contributed by atoms with E-state index in [9.17, 15) is 14.7 Å². The number of imidazole rings is 1. The van der Waals surface area contributed by atoms with Gasteiger partial charge in [-0.1, -0.05) is 6.07 Å². The summed E-state index contributed by atoms with van der Waals surface area (Å²) in [7, 11) is 1.56. The number of anilines is 1. The number of aromatic amines is 1. The summed E-state index contributed by atoms with van der Waals surface area (Å²) in [6.07, 6.45) is -0.880. The van der Waals surface area contributed by atoms with E-state index in [1.54, 1.807) is 11.6 Å². The molecule has 162 valence electrons. The number of nitrogens with zero attached hydrogens (tertiary/aromatic N) is 4. The van der Waals surface area contributed by atoms with Gasteiger partial charge in [0, 0.05) is 20.1 Å². The second kappa shape index (κ2) is 8.74. The average Bonchev–Trinajstić information content (AvgIpc) is 3.08. The Morgan fingerprint density at radius 1 is 1.20 bits per heavy atom. The molecule has 0 aliphatic carbocycles. The van der Waals surface area contributed by atoms with Crippen molar-refractivity contribution in [1.82, 2.24) is 19.1 Å². The molecule has 0 unspecified atom stereocenters. The Morgan fingerprint density at radius 2 is 1.90 bits per heavy atom. The first-order chi connectivity index (χ1) is 14.3. The number of H-pyrrole nitrogens is 1. The molecule has 0 bridgehead atoms. The second-order valence-corrected chi connectivity index (χ2v) is 7.40. The van der Waals surface area contributed by atoms with Crippen LogP contribution in [0.25, 0.3) is 11.2 Å². The van der Waals surface area contributed by atoms with Gasteiger partial charge in [-0.15, -0.1) is 0 Å². The van der Waals surface area contributed by atoms with Crippen LogP contribution in [0.1, 0.15) is 25.0 Å². The molecule has 2 N–H and O–H groups in total. The monoisotopic (exact) mass is 415 g/mol. The minimum Gasteiger partial charge on any atom is -0.491 e. The highest BCUT2D eigenvalue weighted by Gasteiger charge is 2.22. The van der Waals surface area contributed by atoms with Gasteiger partial charge in [-0.3, -0.25) is 14.3 Å². The van der Waals surface area contributed by atoms with Crippen molar-refractivity contribution in [2.75, 3.05) is 24.6 Å². The SMILES string of the molecule is CCN(CC)c1nc2c(c(=O)[nH]c(=O)n2C)n1C[C@H](O)COc1ccc(C)c(C)c1. The van der Waals surface area contributed by atoms with E-state index in [1.165, 1.54) is 10.1 Å². The summed E-state index contributed by atoms with van der Waals surface area (Å²) in [5, 5.41) is 10.7. The van der Waals surface area contributed by atoms with Gasteiger partial charge in [0.15, 0.2) is 11.2 Å². The zero-order chi connectivity index (χ0) is 22.0. The fourth-order valence-electron chi connectivity index (χ4n) is 3.40. The summed E-state index contributed by atoms with van der Waals surface area (Å²) in [6, 6.07) is 5.76. The summed E-state index contributed by atoms with van der Waals surface area (Å²) >= 11 is 0. The number of hydrogen-bond acceptors (Lipinski definition) is 6. The number of aliphatic hydroxyl groups is 1. The van der Waals surface area contributed by atoms with E-state index in [0.29, 0.717) is 24.8 Å². The molecule has 0 aliphatic rings. The first kappa shape index (κ1) is 21.6. The van der Waals surface area contributed by atoms with Crippen molar-refractivity contribution in [3.8, 4) is 5.75 Å². The maximum atomic E-state index is 12.6. The Kier molecular flexibility index (Phi) is 6.31. The van der Waals surface area contributed by atoms with Crippen LogP contribution >= 0.6 is 0 Å². The van der Waals surface area contributed by atoms with Crippen molar-refractivity contribution in [3.05, 3.63) is 50.2 Å². The minimum absolute atomic E-state index is 0.0591. The lowest BCUT2D eigenvalue weighted by Crippen LogP contribution is -2.32. The van der Waals surface area contributed by atoms with E-state index >= 15 is 0 Å². The number of rotatable bonds is 8. The van der Waals surface area contributed by atoms with E-state index in [4.69, 9.17) is 4.74 Å². The zero-order valence-electron chi connectivity index (χ0n) is 18.1. The summed E-state index contributed by atoms with van der Waals surface area (Å²) in [5.41, 5.74) is 1.76. The zero-order valence-corrected chi connectivity index (χ0v) is 18.1. The molecular weight excluding hydrogens is 386 g/mol. The Balaban J connectivity index is 1.94. The predicted molar refractivity (Wildman–Crippen MR) is 117 cm³/mol. The number of benzene rings is 1. The Labute approximate surface area is 174 Å². The van der Waals surface area contributed by atoms with Crippen molar-refractivity contribution >= 4 is 17.1 Å². The van der Waals surface area contributed by atoms with E-state index in [-0.39, 0.29) is 24.3 Å². The minimum atomic E-state index is -0.880. The molecule has 0 amide bonds. The molecule has 0 spiro atoms. The molecule has 3 rings (SSSR count). The number of aryl methyl sites for hydroxylation is 3. The van der Waals surface area contributed by atoms with Crippen LogP contribution in [-0.4, -0.2) is 50.0 Å². The molecule has 1 atom stereocenters. The van der Waals surface area contributed by atoms with Gasteiger partial charge in [0.05, 0.1) is 6.54 Å². The van der Waals surface area contributed by atoms with E-state index in [0.717, 1.165) is 5.56 Å². The predicted octanol–water partition coefficient (Wildman–Crippen LogP) is 1.33. The van der Waals surface area contributed by atoms with Crippen molar-refractivity contribution in [1.29, 1.82) is 0 Å². The first-order valence-electron chi connectivity index (χ1n) is 10.1. The van der Waals surface area contributed by atoms with Gasteiger partial charge in [0.2, 0.25) is 5.95 Å². The number of hydrogen-bond donors (Lipinski definition) is 2. The highest BCUT2D eigenvalue weighted by Crippen LogP contribution is 2.21. The number of nitrogens with one attached hydrogen (secondary N) is 1. The number of aromatic nitrogens is 4. The summed E-state index contributed by atoms with van der Waals surface area (Å²) < 4.78 is 8.72. The van der Waals surface area contributed by atoms with Crippen molar-refractivity contribution in [3.63, 3.8) is 0 Å². The fourth-order valence-corrected chi connectivity index (χ4v) is 3.40. The Hall–Kier alpha value is -3.07. The van der Waals surface area contributed by atoms with E-state index < -0.39 is 17.4 Å². The number of fused-ring (bicyclic) bond motifs is 1. The lowest BCUT2D eigenvalue weighted by Gasteiger charge is -2.22. The van der Waals surface area contributed by atoms with Crippen LogP contribution in [0.3, 0.4) is 0 Å². The maximum Gasteiger partial charge on any atom is 0.329 e. The Morgan fingerprint density at radius 3 is 2.53 bits per heavy atom. The van der Waals surface area contributed by atoms with Crippen molar-refractivity contribution in [2.45, 2.75) is 40.3 Å². The van der Waals surface area contributed by atoms with Gasteiger partial charge in [-0.25, -0.2) is 4.79 Å². The van der Waals surface area contributed by atoms with E-state index in [1.807, 2.05) is 50.8 Å². The van der Waals surface area contributed by atoms with Crippen LogP contribution in [0.5, 0.6) is 5.75 Å². The summed E-state index contributed by atoms with van der Waals surface area (Å²) in [5.74, 6) is 1.21. The largest absolute Gasteiger partial charge is 0.491 e.